The van der Waals surface area contributed by atoms with Crippen molar-refractivity contribution >= 4 is 17.7 Å². The lowest BCUT2D eigenvalue weighted by molar-refractivity contribution is 0.0696. The van der Waals surface area contributed by atoms with Crippen LogP contribution in [0.15, 0.2) is 48.5 Å². The largest absolute Gasteiger partial charge is 0.478 e. The molecule has 5 heteroatoms. The van der Waals surface area contributed by atoms with E-state index < -0.39 is 5.97 Å². The zero-order valence-corrected chi connectivity index (χ0v) is 11.3. The Morgan fingerprint density at radius 2 is 1.38 bits per heavy atom. The van der Waals surface area contributed by atoms with Crippen molar-refractivity contribution in [1.82, 2.24) is 5.32 Å². The maximum absolute atomic E-state index is 12.4. The molecule has 1 amide bonds. The average molecular weight is 283 g/mol. The lowest BCUT2D eigenvalue weighted by Crippen LogP contribution is -2.21. The molecule has 0 aromatic heterocycles. The van der Waals surface area contributed by atoms with Gasteiger partial charge in [-0.2, -0.15) is 0 Å². The number of amides is 1. The first-order valence-corrected chi connectivity index (χ1v) is 6.23. The van der Waals surface area contributed by atoms with E-state index in [2.05, 4.69) is 5.32 Å². The van der Waals surface area contributed by atoms with Gasteiger partial charge in [0.1, 0.15) is 0 Å². The van der Waals surface area contributed by atoms with Crippen LogP contribution in [-0.4, -0.2) is 29.8 Å². The van der Waals surface area contributed by atoms with Crippen LogP contribution >= 0.6 is 0 Å². The molecular formula is C16H13NO4. The summed E-state index contributed by atoms with van der Waals surface area (Å²) >= 11 is 0. The van der Waals surface area contributed by atoms with E-state index in [1.54, 1.807) is 24.3 Å². The molecule has 2 aromatic rings. The number of hydrogen-bond donors (Lipinski definition) is 2. The minimum Gasteiger partial charge on any atom is -0.478 e. The van der Waals surface area contributed by atoms with Crippen molar-refractivity contribution in [3.63, 3.8) is 0 Å². The monoisotopic (exact) mass is 283 g/mol. The zero-order valence-electron chi connectivity index (χ0n) is 11.3. The van der Waals surface area contributed by atoms with Gasteiger partial charge in [0.15, 0.2) is 5.78 Å². The normalized spacial score (nSPS) is 9.95. The van der Waals surface area contributed by atoms with Crippen LogP contribution in [0.4, 0.5) is 0 Å². The van der Waals surface area contributed by atoms with Crippen LogP contribution in [0.2, 0.25) is 0 Å². The van der Waals surface area contributed by atoms with E-state index in [1.807, 2.05) is 0 Å². The summed E-state index contributed by atoms with van der Waals surface area (Å²) in [6.45, 7) is 0. The van der Waals surface area contributed by atoms with Gasteiger partial charge in [0.05, 0.1) is 11.1 Å². The van der Waals surface area contributed by atoms with Gasteiger partial charge >= 0.3 is 5.97 Å². The summed E-state index contributed by atoms with van der Waals surface area (Å²) in [4.78, 5) is 35.0. The summed E-state index contributed by atoms with van der Waals surface area (Å²) in [5.41, 5.74) is 0.995. The number of carboxylic acids is 1. The Hall–Kier alpha value is -2.95. The van der Waals surface area contributed by atoms with E-state index in [0.29, 0.717) is 5.56 Å². The Kier molecular flexibility index (Phi) is 4.13. The number of aromatic carboxylic acids is 1. The van der Waals surface area contributed by atoms with Gasteiger partial charge in [-0.3, -0.25) is 9.59 Å². The van der Waals surface area contributed by atoms with E-state index in [0.717, 1.165) is 0 Å². The number of ketones is 1. The van der Waals surface area contributed by atoms with E-state index in [9.17, 15) is 14.4 Å². The number of carboxylic acid groups (broad SMARTS) is 1. The molecule has 2 N–H and O–H groups in total. The molecule has 0 spiro atoms. The van der Waals surface area contributed by atoms with Gasteiger partial charge in [0, 0.05) is 18.2 Å². The number of carbonyl (C=O) groups excluding carboxylic acids is 2. The number of carbonyl (C=O) groups is 3. The Balaban J connectivity index is 2.40. The molecule has 0 bridgehead atoms. The van der Waals surface area contributed by atoms with Crippen molar-refractivity contribution < 1.29 is 19.5 Å². The summed E-state index contributed by atoms with van der Waals surface area (Å²) in [7, 11) is 1.49. The van der Waals surface area contributed by atoms with E-state index in [-0.39, 0.29) is 28.4 Å². The van der Waals surface area contributed by atoms with Gasteiger partial charge in [0.25, 0.3) is 5.91 Å². The minimum absolute atomic E-state index is 0.103. The summed E-state index contributed by atoms with van der Waals surface area (Å²) in [6, 6.07) is 12.1. The van der Waals surface area contributed by atoms with E-state index >= 15 is 0 Å². The Morgan fingerprint density at radius 3 is 1.90 bits per heavy atom. The van der Waals surface area contributed by atoms with Crippen LogP contribution in [0.3, 0.4) is 0 Å². The Labute approximate surface area is 121 Å². The average Bonchev–Trinajstić information content (AvgIpc) is 2.53. The second kappa shape index (κ2) is 6.00. The van der Waals surface area contributed by atoms with Gasteiger partial charge in [-0.05, 0) is 18.2 Å². The summed E-state index contributed by atoms with van der Waals surface area (Å²) in [5, 5.41) is 11.3. The van der Waals surface area contributed by atoms with Crippen molar-refractivity contribution in [2.45, 2.75) is 0 Å². The third-order valence-corrected chi connectivity index (χ3v) is 3.04. The number of rotatable bonds is 4. The topological polar surface area (TPSA) is 83.5 Å². The van der Waals surface area contributed by atoms with Crippen molar-refractivity contribution in [2.75, 3.05) is 7.05 Å². The van der Waals surface area contributed by atoms with Crippen molar-refractivity contribution in [3.05, 3.63) is 70.8 Å². The van der Waals surface area contributed by atoms with Gasteiger partial charge in [-0.15, -0.1) is 0 Å². The first-order valence-electron chi connectivity index (χ1n) is 6.23. The smallest absolute Gasteiger partial charge is 0.335 e. The maximum Gasteiger partial charge on any atom is 0.335 e. The standard InChI is InChI=1S/C16H13NO4/c1-17-15(19)13-5-3-2-4-12(13)14(18)10-6-8-11(9-7-10)16(20)21/h2-9H,1H3,(H,17,19)(H,20,21). The second-order valence-electron chi connectivity index (χ2n) is 4.34. The highest BCUT2D eigenvalue weighted by Crippen LogP contribution is 2.15. The molecule has 0 aliphatic rings. The number of benzene rings is 2. The van der Waals surface area contributed by atoms with E-state index in [1.165, 1.54) is 31.3 Å². The lowest BCUT2D eigenvalue weighted by Gasteiger charge is -2.07. The van der Waals surface area contributed by atoms with Crippen LogP contribution in [0.1, 0.15) is 36.6 Å². The number of hydrogen-bond acceptors (Lipinski definition) is 3. The van der Waals surface area contributed by atoms with Crippen LogP contribution in [0.5, 0.6) is 0 Å². The molecule has 0 saturated carbocycles. The maximum atomic E-state index is 12.4. The van der Waals surface area contributed by atoms with Crippen molar-refractivity contribution in [2.24, 2.45) is 0 Å². The molecule has 0 unspecified atom stereocenters. The minimum atomic E-state index is -1.06. The van der Waals surface area contributed by atoms with Gasteiger partial charge in [-0.1, -0.05) is 30.3 Å². The molecule has 21 heavy (non-hydrogen) atoms. The molecule has 106 valence electrons. The number of nitrogens with one attached hydrogen (secondary N) is 1. The molecule has 2 rings (SSSR count). The molecule has 5 nitrogen and oxygen atoms in total. The highest BCUT2D eigenvalue weighted by molar-refractivity contribution is 6.15. The predicted octanol–water partition coefficient (Wildman–Crippen LogP) is 1.98. The summed E-state index contributed by atoms with van der Waals surface area (Å²) in [6.07, 6.45) is 0. The highest BCUT2D eigenvalue weighted by atomic mass is 16.4. The molecular weight excluding hydrogens is 270 g/mol. The van der Waals surface area contributed by atoms with Crippen molar-refractivity contribution in [3.8, 4) is 0 Å². The van der Waals surface area contributed by atoms with Crippen LogP contribution in [0.25, 0.3) is 0 Å². The molecule has 0 heterocycles. The molecule has 0 atom stereocenters. The summed E-state index contributed by atoms with van der Waals surface area (Å²) in [5.74, 6) is -1.73. The summed E-state index contributed by atoms with van der Waals surface area (Å²) < 4.78 is 0. The van der Waals surface area contributed by atoms with Crippen molar-refractivity contribution in [1.29, 1.82) is 0 Å². The van der Waals surface area contributed by atoms with Crippen LogP contribution in [0, 0.1) is 0 Å². The Bertz CT molecular complexity index is 704. The SMILES string of the molecule is CNC(=O)c1ccccc1C(=O)c1ccc(C(=O)O)cc1. The molecule has 0 radical (unpaired) electrons. The van der Waals surface area contributed by atoms with Crippen LogP contribution in [-0.2, 0) is 0 Å². The van der Waals surface area contributed by atoms with E-state index in [4.69, 9.17) is 5.11 Å². The fraction of sp³-hybridized carbons (Fsp3) is 0.0625. The third-order valence-electron chi connectivity index (χ3n) is 3.04. The highest BCUT2D eigenvalue weighted by Gasteiger charge is 2.17. The lowest BCUT2D eigenvalue weighted by atomic mass is 9.97. The quantitative estimate of drug-likeness (QED) is 0.840. The molecule has 0 fully saturated rings. The molecule has 0 saturated heterocycles. The first kappa shape index (κ1) is 14.5. The molecule has 0 aliphatic carbocycles. The zero-order chi connectivity index (χ0) is 15.4. The molecule has 0 aliphatic heterocycles. The van der Waals surface area contributed by atoms with Gasteiger partial charge in [-0.25, -0.2) is 4.79 Å². The first-order chi connectivity index (χ1) is 10.0. The third kappa shape index (κ3) is 2.97. The van der Waals surface area contributed by atoms with Gasteiger partial charge in [0.2, 0.25) is 0 Å². The predicted molar refractivity (Wildman–Crippen MR) is 76.7 cm³/mol. The fourth-order valence-electron chi connectivity index (χ4n) is 1.93. The Morgan fingerprint density at radius 1 is 0.857 bits per heavy atom. The molecule has 2 aromatic carbocycles. The van der Waals surface area contributed by atoms with Crippen LogP contribution < -0.4 is 5.32 Å². The second-order valence-corrected chi connectivity index (χ2v) is 4.34. The fourth-order valence-corrected chi connectivity index (χ4v) is 1.93. The van der Waals surface area contributed by atoms with Gasteiger partial charge < -0.3 is 10.4 Å².